The van der Waals surface area contributed by atoms with E-state index in [0.29, 0.717) is 37.7 Å². The minimum atomic E-state index is -3.56. The molecule has 1 aliphatic heterocycles. The number of hydrogen-bond donors (Lipinski definition) is 1. The Morgan fingerprint density at radius 2 is 2.05 bits per heavy atom. The SMILES string of the molecule is Cc1ncsc1CCNS(=O)(=O)c1ccc2c(c1)OCCO2. The highest BCUT2D eigenvalue weighted by Gasteiger charge is 2.19. The third-order valence-corrected chi connectivity index (χ3v) is 5.77. The number of sulfonamides is 1. The summed E-state index contributed by atoms with van der Waals surface area (Å²) < 4.78 is 38.0. The zero-order chi connectivity index (χ0) is 15.6. The van der Waals surface area contributed by atoms with Crippen LogP contribution < -0.4 is 14.2 Å². The summed E-state index contributed by atoms with van der Waals surface area (Å²) in [5.74, 6) is 1.04. The van der Waals surface area contributed by atoms with Gasteiger partial charge in [0.25, 0.3) is 0 Å². The van der Waals surface area contributed by atoms with E-state index in [-0.39, 0.29) is 4.90 Å². The van der Waals surface area contributed by atoms with Gasteiger partial charge in [0.15, 0.2) is 11.5 Å². The molecule has 6 nitrogen and oxygen atoms in total. The highest BCUT2D eigenvalue weighted by molar-refractivity contribution is 7.89. The molecule has 118 valence electrons. The highest BCUT2D eigenvalue weighted by atomic mass is 32.2. The molecule has 1 aromatic carbocycles. The second-order valence-corrected chi connectivity index (χ2v) is 7.52. The number of aryl methyl sites for hydroxylation is 1. The number of rotatable bonds is 5. The van der Waals surface area contributed by atoms with Crippen molar-refractivity contribution in [1.29, 1.82) is 0 Å². The molecule has 1 N–H and O–H groups in total. The first-order valence-electron chi connectivity index (χ1n) is 6.84. The van der Waals surface area contributed by atoms with E-state index >= 15 is 0 Å². The van der Waals surface area contributed by atoms with Crippen LogP contribution in [0.5, 0.6) is 11.5 Å². The van der Waals surface area contributed by atoms with Gasteiger partial charge in [-0.2, -0.15) is 0 Å². The maximum Gasteiger partial charge on any atom is 0.240 e. The maximum atomic E-state index is 12.3. The normalized spacial score (nSPS) is 14.0. The van der Waals surface area contributed by atoms with Crippen molar-refractivity contribution >= 4 is 21.4 Å². The molecule has 1 aliphatic rings. The Labute approximate surface area is 133 Å². The molecule has 0 fully saturated rings. The van der Waals surface area contributed by atoms with Crippen molar-refractivity contribution in [3.63, 3.8) is 0 Å². The van der Waals surface area contributed by atoms with Crippen molar-refractivity contribution in [2.75, 3.05) is 19.8 Å². The first-order valence-corrected chi connectivity index (χ1v) is 9.21. The molecular formula is C14H16N2O4S2. The Kier molecular flexibility index (Phi) is 4.32. The van der Waals surface area contributed by atoms with Crippen LogP contribution in [0, 0.1) is 6.92 Å². The fourth-order valence-electron chi connectivity index (χ4n) is 2.14. The fraction of sp³-hybridized carbons (Fsp3) is 0.357. The molecule has 0 saturated carbocycles. The summed E-state index contributed by atoms with van der Waals surface area (Å²) in [7, 11) is -3.56. The quantitative estimate of drug-likeness (QED) is 0.897. The fourth-order valence-corrected chi connectivity index (χ4v) is 3.97. The van der Waals surface area contributed by atoms with Gasteiger partial charge in [0.05, 0.1) is 16.1 Å². The average molecular weight is 340 g/mol. The first-order chi connectivity index (χ1) is 10.6. The van der Waals surface area contributed by atoms with Gasteiger partial charge in [0.1, 0.15) is 13.2 Å². The molecule has 0 radical (unpaired) electrons. The molecule has 3 rings (SSSR count). The lowest BCUT2D eigenvalue weighted by Crippen LogP contribution is -2.26. The molecule has 0 aliphatic carbocycles. The number of ether oxygens (including phenoxy) is 2. The van der Waals surface area contributed by atoms with E-state index in [1.54, 1.807) is 11.6 Å². The van der Waals surface area contributed by atoms with Gasteiger partial charge in [-0.15, -0.1) is 11.3 Å². The topological polar surface area (TPSA) is 77.5 Å². The van der Waals surface area contributed by atoms with Gasteiger partial charge in [0, 0.05) is 17.5 Å². The molecular weight excluding hydrogens is 324 g/mol. The van der Waals surface area contributed by atoms with Crippen LogP contribution in [0.25, 0.3) is 0 Å². The number of aromatic nitrogens is 1. The molecule has 8 heteroatoms. The van der Waals surface area contributed by atoms with E-state index in [1.807, 2.05) is 6.92 Å². The van der Waals surface area contributed by atoms with E-state index in [2.05, 4.69) is 9.71 Å². The first kappa shape index (κ1) is 15.3. The second kappa shape index (κ2) is 6.23. The molecule has 1 aromatic heterocycles. The number of hydrogen-bond acceptors (Lipinski definition) is 6. The van der Waals surface area contributed by atoms with Gasteiger partial charge in [0.2, 0.25) is 10.0 Å². The maximum absolute atomic E-state index is 12.3. The van der Waals surface area contributed by atoms with E-state index < -0.39 is 10.0 Å². The van der Waals surface area contributed by atoms with Gasteiger partial charge in [-0.1, -0.05) is 0 Å². The number of nitrogens with zero attached hydrogens (tertiary/aromatic N) is 1. The molecule has 0 spiro atoms. The van der Waals surface area contributed by atoms with Gasteiger partial charge in [-0.05, 0) is 25.5 Å². The number of fused-ring (bicyclic) bond motifs is 1. The Morgan fingerprint density at radius 3 is 2.77 bits per heavy atom. The van der Waals surface area contributed by atoms with E-state index in [0.717, 1.165) is 10.6 Å². The van der Waals surface area contributed by atoms with Crippen LogP contribution in [-0.2, 0) is 16.4 Å². The second-order valence-electron chi connectivity index (χ2n) is 4.81. The zero-order valence-corrected chi connectivity index (χ0v) is 13.7. The van der Waals surface area contributed by atoms with Crippen LogP contribution in [0.15, 0.2) is 28.6 Å². The van der Waals surface area contributed by atoms with Gasteiger partial charge in [-0.3, -0.25) is 0 Å². The lowest BCUT2D eigenvalue weighted by atomic mass is 10.3. The van der Waals surface area contributed by atoms with Crippen LogP contribution in [0.3, 0.4) is 0 Å². The van der Waals surface area contributed by atoms with Crippen molar-refractivity contribution in [3.8, 4) is 11.5 Å². The monoisotopic (exact) mass is 340 g/mol. The molecule has 2 aromatic rings. The Bertz CT molecular complexity index is 771. The number of thiazole rings is 1. The third-order valence-electron chi connectivity index (χ3n) is 3.31. The molecule has 0 saturated heterocycles. The van der Waals surface area contributed by atoms with Crippen LogP contribution in [-0.4, -0.2) is 33.2 Å². The van der Waals surface area contributed by atoms with Crippen LogP contribution in [0.4, 0.5) is 0 Å². The van der Waals surface area contributed by atoms with E-state index in [4.69, 9.17) is 9.47 Å². The minimum absolute atomic E-state index is 0.178. The molecule has 0 bridgehead atoms. The average Bonchev–Trinajstić information content (AvgIpc) is 2.92. The lowest BCUT2D eigenvalue weighted by Gasteiger charge is -2.18. The van der Waals surface area contributed by atoms with Crippen molar-refractivity contribution < 1.29 is 17.9 Å². The predicted octanol–water partition coefficient (Wildman–Crippen LogP) is 1.74. The van der Waals surface area contributed by atoms with Gasteiger partial charge < -0.3 is 9.47 Å². The summed E-state index contributed by atoms with van der Waals surface area (Å²) in [6, 6.07) is 4.64. The van der Waals surface area contributed by atoms with Crippen molar-refractivity contribution in [1.82, 2.24) is 9.71 Å². The Morgan fingerprint density at radius 1 is 1.27 bits per heavy atom. The van der Waals surface area contributed by atoms with Crippen molar-refractivity contribution in [3.05, 3.63) is 34.3 Å². The minimum Gasteiger partial charge on any atom is -0.486 e. The molecule has 22 heavy (non-hydrogen) atoms. The summed E-state index contributed by atoms with van der Waals surface area (Å²) in [5, 5.41) is 0. The van der Waals surface area contributed by atoms with Crippen LogP contribution in [0.1, 0.15) is 10.6 Å². The Balaban J connectivity index is 1.69. The van der Waals surface area contributed by atoms with Crippen molar-refractivity contribution in [2.45, 2.75) is 18.2 Å². The summed E-state index contributed by atoms with van der Waals surface area (Å²) in [6.45, 7) is 3.15. The largest absolute Gasteiger partial charge is 0.486 e. The summed E-state index contributed by atoms with van der Waals surface area (Å²) in [4.78, 5) is 5.42. The number of benzene rings is 1. The van der Waals surface area contributed by atoms with Crippen molar-refractivity contribution in [2.24, 2.45) is 0 Å². The van der Waals surface area contributed by atoms with E-state index in [9.17, 15) is 8.42 Å². The zero-order valence-electron chi connectivity index (χ0n) is 12.0. The lowest BCUT2D eigenvalue weighted by molar-refractivity contribution is 0.171. The third kappa shape index (κ3) is 3.23. The molecule has 0 amide bonds. The standard InChI is InChI=1S/C14H16N2O4S2/c1-10-14(21-9-15-10)4-5-16-22(17,18)11-2-3-12-13(8-11)20-7-6-19-12/h2-3,8-9,16H,4-7H2,1H3. The summed E-state index contributed by atoms with van der Waals surface area (Å²) in [5.41, 5.74) is 2.71. The van der Waals surface area contributed by atoms with E-state index in [1.165, 1.54) is 23.5 Å². The highest BCUT2D eigenvalue weighted by Crippen LogP contribution is 2.32. The smallest absolute Gasteiger partial charge is 0.240 e. The van der Waals surface area contributed by atoms with Gasteiger partial charge in [-0.25, -0.2) is 18.1 Å². The van der Waals surface area contributed by atoms with Gasteiger partial charge >= 0.3 is 0 Å². The summed E-state index contributed by atoms with van der Waals surface area (Å²) in [6.07, 6.45) is 0.625. The molecule has 0 atom stereocenters. The van der Waals surface area contributed by atoms with Crippen LogP contribution >= 0.6 is 11.3 Å². The van der Waals surface area contributed by atoms with Crippen LogP contribution in [0.2, 0.25) is 0 Å². The number of nitrogens with one attached hydrogen (secondary N) is 1. The molecule has 2 heterocycles. The predicted molar refractivity (Wildman–Crippen MR) is 83.2 cm³/mol. The molecule has 0 unspecified atom stereocenters. The summed E-state index contributed by atoms with van der Waals surface area (Å²) >= 11 is 1.53. The Hall–Kier alpha value is -1.64.